The quantitative estimate of drug-likeness (QED) is 0.734. The predicted octanol–water partition coefficient (Wildman–Crippen LogP) is 2.63. The summed E-state index contributed by atoms with van der Waals surface area (Å²) in [6, 6.07) is 0. The SMILES string of the molecule is C=CCC1(C(O)C/C=C/[C@H]2[C@H](O)CC(=O)[C@@H]2C)CCC1. The molecule has 2 aliphatic rings. The zero-order valence-corrected chi connectivity index (χ0v) is 12.3. The number of aliphatic hydroxyl groups excluding tert-OH is 2. The monoisotopic (exact) mass is 278 g/mol. The Hall–Kier alpha value is -0.930. The summed E-state index contributed by atoms with van der Waals surface area (Å²) in [6.45, 7) is 5.65. The third kappa shape index (κ3) is 2.89. The Morgan fingerprint density at radius 2 is 2.20 bits per heavy atom. The molecule has 20 heavy (non-hydrogen) atoms. The molecule has 0 saturated heterocycles. The first-order valence-corrected chi connectivity index (χ1v) is 7.66. The van der Waals surface area contributed by atoms with Crippen molar-refractivity contribution in [3.63, 3.8) is 0 Å². The standard InChI is InChI=1S/C17H26O3/c1-3-8-17(9-5-10-17)16(20)7-4-6-13-12(2)14(18)11-15(13)19/h3-4,6,12-13,15-16,19-20H,1,5,7-11H2,2H3/b6-4+/t12-,13-,15-,16?/m1/s1. The molecule has 0 heterocycles. The molecular weight excluding hydrogens is 252 g/mol. The van der Waals surface area contributed by atoms with E-state index in [-0.39, 0.29) is 35.6 Å². The Morgan fingerprint density at radius 1 is 1.50 bits per heavy atom. The lowest BCUT2D eigenvalue weighted by Gasteiger charge is -2.45. The van der Waals surface area contributed by atoms with Gasteiger partial charge in [-0.2, -0.15) is 0 Å². The van der Waals surface area contributed by atoms with Crippen LogP contribution in [0.2, 0.25) is 0 Å². The molecule has 112 valence electrons. The van der Waals surface area contributed by atoms with E-state index in [0.717, 1.165) is 19.3 Å². The summed E-state index contributed by atoms with van der Waals surface area (Å²) in [5, 5.41) is 20.2. The van der Waals surface area contributed by atoms with Gasteiger partial charge in [0.2, 0.25) is 0 Å². The molecule has 2 fully saturated rings. The summed E-state index contributed by atoms with van der Waals surface area (Å²) in [5.41, 5.74) is 0.0157. The summed E-state index contributed by atoms with van der Waals surface area (Å²) in [6.07, 6.45) is 9.88. The van der Waals surface area contributed by atoms with E-state index >= 15 is 0 Å². The molecule has 0 spiro atoms. The normalized spacial score (nSPS) is 34.1. The topological polar surface area (TPSA) is 57.5 Å². The Bertz CT molecular complexity index is 395. The van der Waals surface area contributed by atoms with Crippen molar-refractivity contribution in [2.75, 3.05) is 0 Å². The molecule has 2 rings (SSSR count). The molecule has 3 nitrogen and oxygen atoms in total. The van der Waals surface area contributed by atoms with Crippen molar-refractivity contribution in [1.29, 1.82) is 0 Å². The molecule has 0 amide bonds. The fraction of sp³-hybridized carbons (Fsp3) is 0.706. The predicted molar refractivity (Wildman–Crippen MR) is 79.1 cm³/mol. The lowest BCUT2D eigenvalue weighted by atomic mass is 9.62. The first kappa shape index (κ1) is 15.5. The Balaban J connectivity index is 1.89. The van der Waals surface area contributed by atoms with E-state index in [1.807, 2.05) is 25.2 Å². The van der Waals surface area contributed by atoms with E-state index < -0.39 is 6.10 Å². The maximum atomic E-state index is 11.5. The largest absolute Gasteiger partial charge is 0.392 e. The third-order valence-electron chi connectivity index (χ3n) is 5.26. The minimum Gasteiger partial charge on any atom is -0.392 e. The average molecular weight is 278 g/mol. The molecule has 0 aromatic carbocycles. The molecule has 0 aromatic rings. The van der Waals surface area contributed by atoms with Crippen LogP contribution in [-0.4, -0.2) is 28.2 Å². The highest BCUT2D eigenvalue weighted by Gasteiger charge is 2.42. The van der Waals surface area contributed by atoms with E-state index in [1.165, 1.54) is 6.42 Å². The lowest BCUT2D eigenvalue weighted by Crippen LogP contribution is -2.40. The highest BCUT2D eigenvalue weighted by Crippen LogP contribution is 2.48. The van der Waals surface area contributed by atoms with Crippen LogP contribution < -0.4 is 0 Å². The van der Waals surface area contributed by atoms with Gasteiger partial charge in [0, 0.05) is 23.7 Å². The van der Waals surface area contributed by atoms with Gasteiger partial charge in [0.05, 0.1) is 12.2 Å². The van der Waals surface area contributed by atoms with Crippen molar-refractivity contribution in [3.8, 4) is 0 Å². The minimum absolute atomic E-state index is 0.0157. The number of rotatable bonds is 6. The van der Waals surface area contributed by atoms with Gasteiger partial charge < -0.3 is 10.2 Å². The molecule has 2 saturated carbocycles. The molecule has 3 heteroatoms. The van der Waals surface area contributed by atoms with E-state index in [1.54, 1.807) is 0 Å². The Kier molecular flexibility index (Phi) is 4.82. The van der Waals surface area contributed by atoms with Gasteiger partial charge >= 0.3 is 0 Å². The summed E-state index contributed by atoms with van der Waals surface area (Å²) in [4.78, 5) is 11.5. The summed E-state index contributed by atoms with van der Waals surface area (Å²) >= 11 is 0. The fourth-order valence-electron chi connectivity index (χ4n) is 3.58. The van der Waals surface area contributed by atoms with Crippen LogP contribution in [0.1, 0.15) is 45.4 Å². The van der Waals surface area contributed by atoms with Gasteiger partial charge in [0.15, 0.2) is 0 Å². The van der Waals surface area contributed by atoms with Crippen molar-refractivity contribution < 1.29 is 15.0 Å². The number of carbonyl (C=O) groups excluding carboxylic acids is 1. The van der Waals surface area contributed by atoms with Gasteiger partial charge in [-0.15, -0.1) is 6.58 Å². The molecule has 0 bridgehead atoms. The van der Waals surface area contributed by atoms with Crippen molar-refractivity contribution in [1.82, 2.24) is 0 Å². The number of ketones is 1. The number of aliphatic hydroxyl groups is 2. The van der Waals surface area contributed by atoms with E-state index in [0.29, 0.717) is 6.42 Å². The van der Waals surface area contributed by atoms with Crippen molar-refractivity contribution in [2.24, 2.45) is 17.3 Å². The van der Waals surface area contributed by atoms with E-state index in [9.17, 15) is 15.0 Å². The van der Waals surface area contributed by atoms with Crippen molar-refractivity contribution >= 4 is 5.78 Å². The zero-order chi connectivity index (χ0) is 14.8. The van der Waals surface area contributed by atoms with E-state index in [2.05, 4.69) is 6.58 Å². The minimum atomic E-state index is -0.559. The van der Waals surface area contributed by atoms with Crippen LogP contribution >= 0.6 is 0 Å². The van der Waals surface area contributed by atoms with Gasteiger partial charge in [0.25, 0.3) is 0 Å². The van der Waals surface area contributed by atoms with Crippen LogP contribution in [0, 0.1) is 17.3 Å². The van der Waals surface area contributed by atoms with Gasteiger partial charge in [0.1, 0.15) is 5.78 Å². The smallest absolute Gasteiger partial charge is 0.138 e. The van der Waals surface area contributed by atoms with Gasteiger partial charge in [-0.05, 0) is 25.7 Å². The van der Waals surface area contributed by atoms with Crippen LogP contribution in [0.5, 0.6) is 0 Å². The van der Waals surface area contributed by atoms with Crippen LogP contribution in [0.4, 0.5) is 0 Å². The van der Waals surface area contributed by atoms with Crippen molar-refractivity contribution in [2.45, 2.75) is 57.7 Å². The first-order chi connectivity index (χ1) is 9.50. The Labute approximate surface area is 121 Å². The molecule has 2 N–H and O–H groups in total. The third-order valence-corrected chi connectivity index (χ3v) is 5.26. The summed E-state index contributed by atoms with van der Waals surface area (Å²) in [5.74, 6) is -0.0644. The molecular formula is C17H26O3. The molecule has 0 aromatic heterocycles. The molecule has 0 aliphatic heterocycles. The zero-order valence-electron chi connectivity index (χ0n) is 12.3. The van der Waals surface area contributed by atoms with Gasteiger partial charge in [-0.1, -0.05) is 31.6 Å². The maximum Gasteiger partial charge on any atom is 0.138 e. The van der Waals surface area contributed by atoms with E-state index in [4.69, 9.17) is 0 Å². The molecule has 0 radical (unpaired) electrons. The summed E-state index contributed by atoms with van der Waals surface area (Å²) < 4.78 is 0. The van der Waals surface area contributed by atoms with Gasteiger partial charge in [-0.3, -0.25) is 4.79 Å². The number of hydrogen-bond donors (Lipinski definition) is 2. The fourth-order valence-corrected chi connectivity index (χ4v) is 3.58. The van der Waals surface area contributed by atoms with Crippen LogP contribution in [-0.2, 0) is 4.79 Å². The second-order valence-electron chi connectivity index (χ2n) is 6.49. The molecule has 4 atom stereocenters. The summed E-state index contributed by atoms with van der Waals surface area (Å²) in [7, 11) is 0. The highest BCUT2D eigenvalue weighted by atomic mass is 16.3. The molecule has 1 unspecified atom stereocenters. The second kappa shape index (κ2) is 6.23. The van der Waals surface area contributed by atoms with Crippen LogP contribution in [0.3, 0.4) is 0 Å². The molecule has 2 aliphatic carbocycles. The number of carbonyl (C=O) groups is 1. The van der Waals surface area contributed by atoms with Crippen LogP contribution in [0.25, 0.3) is 0 Å². The van der Waals surface area contributed by atoms with Crippen LogP contribution in [0.15, 0.2) is 24.8 Å². The second-order valence-corrected chi connectivity index (χ2v) is 6.49. The number of allylic oxidation sites excluding steroid dienone is 1. The number of hydrogen-bond acceptors (Lipinski definition) is 3. The Morgan fingerprint density at radius 3 is 2.65 bits per heavy atom. The number of Topliss-reactive ketones (excluding diaryl/α,β-unsaturated/α-hetero) is 1. The highest BCUT2D eigenvalue weighted by molar-refractivity contribution is 5.84. The lowest BCUT2D eigenvalue weighted by molar-refractivity contribution is -0.120. The van der Waals surface area contributed by atoms with Crippen molar-refractivity contribution in [3.05, 3.63) is 24.8 Å². The first-order valence-electron chi connectivity index (χ1n) is 7.66. The average Bonchev–Trinajstić information content (AvgIpc) is 2.60. The maximum absolute atomic E-state index is 11.5. The van der Waals surface area contributed by atoms with Gasteiger partial charge in [-0.25, -0.2) is 0 Å².